The number of amides is 1. The average molecular weight is 409 g/mol. The number of aromatic amines is 1. The number of hydrogen-bond donors (Lipinski definition) is 3. The monoisotopic (exact) mass is 409 g/mol. The fourth-order valence-electron chi connectivity index (χ4n) is 4.74. The number of aromatic hydroxyl groups is 1. The number of hydrogen-bond acceptors (Lipinski definition) is 5. The number of nitrogens with zero attached hydrogens (tertiary/aromatic N) is 3. The first-order valence-electron chi connectivity index (χ1n) is 10.3. The fourth-order valence-corrected chi connectivity index (χ4v) is 4.74. The van der Waals surface area contributed by atoms with Crippen molar-refractivity contribution in [2.75, 3.05) is 26.2 Å². The Bertz CT molecular complexity index is 1130. The van der Waals surface area contributed by atoms with Crippen molar-refractivity contribution in [3.8, 4) is 17.0 Å². The van der Waals surface area contributed by atoms with Crippen molar-refractivity contribution >= 4 is 16.9 Å². The summed E-state index contributed by atoms with van der Waals surface area (Å²) in [5.74, 6) is -1.19. The molecule has 0 bridgehead atoms. The molecule has 0 atom stereocenters. The Balaban J connectivity index is 1.52. The Morgan fingerprint density at radius 1 is 1.23 bits per heavy atom. The smallest absolute Gasteiger partial charge is 0.254 e. The summed E-state index contributed by atoms with van der Waals surface area (Å²) in [6.07, 6.45) is 3.17. The minimum Gasteiger partial charge on any atom is -0.505 e. The van der Waals surface area contributed by atoms with Crippen molar-refractivity contribution in [2.24, 2.45) is 5.41 Å². The number of benzene rings is 1. The second-order valence-electron chi connectivity index (χ2n) is 8.47. The van der Waals surface area contributed by atoms with Crippen LogP contribution >= 0.6 is 0 Å². The number of phenols is 1. The third-order valence-corrected chi connectivity index (χ3v) is 6.63. The molecule has 2 aliphatic rings. The molecular formula is C22H24FN5O2. The SMILES string of the molecule is Cc1n[nH]c2nc(-c3ccc(O)c(F)c3)cc(C(=O)N3CCC4(CCNC4)CC3)c12. The lowest BCUT2D eigenvalue weighted by Crippen LogP contribution is -2.44. The summed E-state index contributed by atoms with van der Waals surface area (Å²) in [6, 6.07) is 5.80. The summed E-state index contributed by atoms with van der Waals surface area (Å²) in [5, 5.41) is 20.7. The summed E-state index contributed by atoms with van der Waals surface area (Å²) in [4.78, 5) is 19.9. The molecule has 1 aromatic carbocycles. The van der Waals surface area contributed by atoms with Gasteiger partial charge in [-0.25, -0.2) is 9.37 Å². The number of phenolic OH excluding ortho intramolecular Hbond substituents is 1. The second-order valence-corrected chi connectivity index (χ2v) is 8.47. The van der Waals surface area contributed by atoms with Gasteiger partial charge in [-0.1, -0.05) is 0 Å². The maximum atomic E-state index is 13.9. The van der Waals surface area contributed by atoms with E-state index in [1.807, 2.05) is 11.8 Å². The number of carbonyl (C=O) groups is 1. The van der Waals surface area contributed by atoms with E-state index in [2.05, 4.69) is 20.5 Å². The summed E-state index contributed by atoms with van der Waals surface area (Å²) in [7, 11) is 0. The van der Waals surface area contributed by atoms with Crippen LogP contribution in [0, 0.1) is 18.2 Å². The molecule has 0 saturated carbocycles. The lowest BCUT2D eigenvalue weighted by atomic mass is 9.77. The quantitative estimate of drug-likeness (QED) is 0.605. The van der Waals surface area contributed by atoms with Crippen LogP contribution in [0.2, 0.25) is 0 Å². The Morgan fingerprint density at radius 3 is 2.73 bits per heavy atom. The van der Waals surface area contributed by atoms with Crippen LogP contribution in [0.1, 0.15) is 35.3 Å². The van der Waals surface area contributed by atoms with Crippen molar-refractivity contribution in [3.05, 3.63) is 41.3 Å². The normalized spacial score (nSPS) is 18.4. The number of aromatic nitrogens is 3. The number of pyridine rings is 1. The summed E-state index contributed by atoms with van der Waals surface area (Å²) >= 11 is 0. The van der Waals surface area contributed by atoms with Crippen LogP contribution in [0.4, 0.5) is 4.39 Å². The molecule has 2 saturated heterocycles. The molecule has 4 heterocycles. The van der Waals surface area contributed by atoms with Gasteiger partial charge in [0.1, 0.15) is 0 Å². The van der Waals surface area contributed by atoms with Crippen molar-refractivity contribution in [3.63, 3.8) is 0 Å². The molecule has 2 aromatic heterocycles. The Morgan fingerprint density at radius 2 is 2.03 bits per heavy atom. The second kappa shape index (κ2) is 7.05. The lowest BCUT2D eigenvalue weighted by molar-refractivity contribution is 0.0609. The zero-order valence-corrected chi connectivity index (χ0v) is 16.8. The number of likely N-dealkylation sites (tertiary alicyclic amines) is 1. The number of aryl methyl sites for hydroxylation is 1. The highest BCUT2D eigenvalue weighted by Crippen LogP contribution is 2.38. The number of piperidine rings is 1. The summed E-state index contributed by atoms with van der Waals surface area (Å²) in [6.45, 7) is 5.38. The van der Waals surface area contributed by atoms with Gasteiger partial charge in [-0.15, -0.1) is 0 Å². The highest BCUT2D eigenvalue weighted by Gasteiger charge is 2.38. The third kappa shape index (κ3) is 3.11. The molecule has 2 aliphatic heterocycles. The van der Waals surface area contributed by atoms with Crippen molar-refractivity contribution in [2.45, 2.75) is 26.2 Å². The molecule has 0 radical (unpaired) electrons. The van der Waals surface area contributed by atoms with Crippen molar-refractivity contribution in [1.29, 1.82) is 0 Å². The molecule has 2 fully saturated rings. The molecule has 1 spiro atoms. The van der Waals surface area contributed by atoms with Gasteiger partial charge in [0.05, 0.1) is 22.3 Å². The number of carbonyl (C=O) groups excluding carboxylic acids is 1. The predicted molar refractivity (Wildman–Crippen MR) is 111 cm³/mol. The zero-order chi connectivity index (χ0) is 20.9. The van der Waals surface area contributed by atoms with Crippen molar-refractivity contribution in [1.82, 2.24) is 25.4 Å². The minimum atomic E-state index is -0.727. The first-order valence-corrected chi connectivity index (χ1v) is 10.3. The van der Waals surface area contributed by atoms with E-state index in [9.17, 15) is 14.3 Å². The molecular weight excluding hydrogens is 385 g/mol. The molecule has 5 rings (SSSR count). The van der Waals surface area contributed by atoms with E-state index in [1.165, 1.54) is 18.6 Å². The van der Waals surface area contributed by atoms with Gasteiger partial charge < -0.3 is 15.3 Å². The average Bonchev–Trinajstić information content (AvgIpc) is 3.36. The number of nitrogens with one attached hydrogen (secondary N) is 2. The number of fused-ring (bicyclic) bond motifs is 1. The molecule has 3 N–H and O–H groups in total. The van der Waals surface area contributed by atoms with Crippen LogP contribution in [0.15, 0.2) is 24.3 Å². The van der Waals surface area contributed by atoms with E-state index in [-0.39, 0.29) is 5.91 Å². The van der Waals surface area contributed by atoms with Gasteiger partial charge in [0.2, 0.25) is 0 Å². The van der Waals surface area contributed by atoms with Crippen LogP contribution in [-0.4, -0.2) is 57.3 Å². The summed E-state index contributed by atoms with van der Waals surface area (Å²) in [5.41, 5.74) is 3.00. The first kappa shape index (κ1) is 19.0. The number of halogens is 1. The maximum absolute atomic E-state index is 13.9. The Hall–Kier alpha value is -3.00. The van der Waals surface area contributed by atoms with Crippen LogP contribution in [0.25, 0.3) is 22.3 Å². The third-order valence-electron chi connectivity index (χ3n) is 6.63. The van der Waals surface area contributed by atoms with Gasteiger partial charge in [-0.2, -0.15) is 5.10 Å². The van der Waals surface area contributed by atoms with E-state index in [4.69, 9.17) is 0 Å². The van der Waals surface area contributed by atoms with Gasteiger partial charge in [0, 0.05) is 25.2 Å². The van der Waals surface area contributed by atoms with Gasteiger partial charge in [-0.05, 0) is 62.4 Å². The van der Waals surface area contributed by atoms with E-state index < -0.39 is 11.6 Å². The molecule has 1 amide bonds. The van der Waals surface area contributed by atoms with Crippen LogP contribution in [-0.2, 0) is 0 Å². The topological polar surface area (TPSA) is 94.1 Å². The fraction of sp³-hybridized carbons (Fsp3) is 0.409. The van der Waals surface area contributed by atoms with Gasteiger partial charge in [-0.3, -0.25) is 9.89 Å². The van der Waals surface area contributed by atoms with Crippen LogP contribution < -0.4 is 5.32 Å². The molecule has 30 heavy (non-hydrogen) atoms. The van der Waals surface area contributed by atoms with Gasteiger partial charge in [0.15, 0.2) is 17.2 Å². The Kier molecular flexibility index (Phi) is 4.47. The Labute approximate surface area is 173 Å². The maximum Gasteiger partial charge on any atom is 0.254 e. The first-order chi connectivity index (χ1) is 14.5. The van der Waals surface area contributed by atoms with E-state index in [0.29, 0.717) is 39.0 Å². The number of rotatable bonds is 2. The minimum absolute atomic E-state index is 0.0480. The van der Waals surface area contributed by atoms with Crippen molar-refractivity contribution < 1.29 is 14.3 Å². The van der Waals surface area contributed by atoms with E-state index >= 15 is 0 Å². The highest BCUT2D eigenvalue weighted by molar-refractivity contribution is 6.07. The van der Waals surface area contributed by atoms with Crippen LogP contribution in [0.5, 0.6) is 5.75 Å². The molecule has 0 aliphatic carbocycles. The van der Waals surface area contributed by atoms with E-state index in [1.54, 1.807) is 12.1 Å². The summed E-state index contributed by atoms with van der Waals surface area (Å²) < 4.78 is 13.9. The molecule has 8 heteroatoms. The van der Waals surface area contributed by atoms with Gasteiger partial charge in [0.25, 0.3) is 5.91 Å². The van der Waals surface area contributed by atoms with E-state index in [0.717, 1.165) is 39.0 Å². The van der Waals surface area contributed by atoms with Crippen LogP contribution in [0.3, 0.4) is 0 Å². The predicted octanol–water partition coefficient (Wildman–Crippen LogP) is 2.99. The zero-order valence-electron chi connectivity index (χ0n) is 16.8. The standard InChI is InChI=1S/C22H24FN5O2/c1-13-19-15(21(30)28-8-5-22(6-9-28)4-7-24-12-22)11-17(25-20(19)27-26-13)14-2-3-18(29)16(23)10-14/h2-3,10-11,24,29H,4-9,12H2,1H3,(H,25,26,27). The largest absolute Gasteiger partial charge is 0.505 e. The highest BCUT2D eigenvalue weighted by atomic mass is 19.1. The molecule has 7 nitrogen and oxygen atoms in total. The molecule has 156 valence electrons. The molecule has 0 unspecified atom stereocenters. The van der Waals surface area contributed by atoms with Gasteiger partial charge >= 0.3 is 0 Å². The molecule has 3 aromatic rings. The number of H-pyrrole nitrogens is 1. The lowest BCUT2D eigenvalue weighted by Gasteiger charge is -2.39.